The monoisotopic (exact) mass is 288 g/mol. The smallest absolute Gasteiger partial charge is 0.205 e. The van der Waals surface area contributed by atoms with Crippen LogP contribution < -0.4 is 5.32 Å². The van der Waals surface area contributed by atoms with Crippen LogP contribution in [-0.4, -0.2) is 16.0 Å². The maximum absolute atomic E-state index is 12.4. The number of fused-ring (bicyclic) bond motifs is 1. The molecule has 0 fully saturated rings. The number of para-hydroxylation sites is 1. The summed E-state index contributed by atoms with van der Waals surface area (Å²) in [5.41, 5.74) is 2.16. The molecule has 0 unspecified atom stereocenters. The molecule has 106 valence electrons. The van der Waals surface area contributed by atoms with Crippen molar-refractivity contribution in [2.75, 3.05) is 5.32 Å². The van der Waals surface area contributed by atoms with Crippen LogP contribution >= 0.6 is 0 Å². The Kier molecular flexibility index (Phi) is 3.67. The average Bonchev–Trinajstić information content (AvgIpc) is 3.03. The van der Waals surface area contributed by atoms with Crippen molar-refractivity contribution in [3.63, 3.8) is 0 Å². The van der Waals surface area contributed by atoms with E-state index in [4.69, 9.17) is 0 Å². The van der Waals surface area contributed by atoms with E-state index in [9.17, 15) is 10.1 Å². The van der Waals surface area contributed by atoms with Gasteiger partial charge in [0.15, 0.2) is 0 Å². The molecule has 1 heterocycles. The first kappa shape index (κ1) is 13.6. The number of nitriles is 1. The van der Waals surface area contributed by atoms with Crippen LogP contribution in [0.15, 0.2) is 66.5 Å². The summed E-state index contributed by atoms with van der Waals surface area (Å²) in [6.45, 7) is 0. The fourth-order valence-electron chi connectivity index (χ4n) is 2.08. The van der Waals surface area contributed by atoms with Crippen molar-refractivity contribution in [1.29, 1.82) is 5.26 Å². The van der Waals surface area contributed by atoms with Crippen LogP contribution in [0, 0.1) is 11.3 Å². The van der Waals surface area contributed by atoms with Gasteiger partial charge in [-0.1, -0.05) is 18.2 Å². The second-order valence-corrected chi connectivity index (χ2v) is 4.68. The molecule has 0 saturated carbocycles. The minimum Gasteiger partial charge on any atom is -0.360 e. The Hall–Kier alpha value is -3.39. The number of carbonyl (C=O) groups is 1. The summed E-state index contributed by atoms with van der Waals surface area (Å²) in [6, 6.07) is 16.5. The number of Topliss-reactive ketones (excluding diaryl/α,β-unsaturated/α-hetero) is 1. The summed E-state index contributed by atoms with van der Waals surface area (Å²) in [6.07, 6.45) is 3.07. The molecule has 3 rings (SSSR count). The highest BCUT2D eigenvalue weighted by molar-refractivity contribution is 6.12. The highest BCUT2D eigenvalue weighted by atomic mass is 16.1. The highest BCUT2D eigenvalue weighted by Crippen LogP contribution is 2.16. The lowest BCUT2D eigenvalue weighted by Gasteiger charge is -2.02. The maximum atomic E-state index is 12.4. The van der Waals surface area contributed by atoms with Crippen LogP contribution in [-0.2, 0) is 0 Å². The van der Waals surface area contributed by atoms with E-state index in [1.807, 2.05) is 36.4 Å². The molecule has 0 bridgehead atoms. The van der Waals surface area contributed by atoms with E-state index >= 15 is 0 Å². The molecule has 0 radical (unpaired) electrons. The molecule has 3 aromatic rings. The summed E-state index contributed by atoms with van der Waals surface area (Å²) < 4.78 is 0. The lowest BCUT2D eigenvalue weighted by Crippen LogP contribution is -2.04. The number of nitrogens with zero attached hydrogens (tertiary/aromatic N) is 2. The topological polar surface area (TPSA) is 81.6 Å². The second-order valence-electron chi connectivity index (χ2n) is 4.68. The number of nitrogens with one attached hydrogen (secondary N) is 2. The second kappa shape index (κ2) is 5.94. The summed E-state index contributed by atoms with van der Waals surface area (Å²) in [5, 5.41) is 19.7. The number of benzene rings is 2. The van der Waals surface area contributed by atoms with Crippen molar-refractivity contribution in [3.8, 4) is 6.07 Å². The van der Waals surface area contributed by atoms with E-state index in [2.05, 4.69) is 15.5 Å². The molecular weight excluding hydrogens is 276 g/mol. The third-order valence-corrected chi connectivity index (χ3v) is 3.22. The van der Waals surface area contributed by atoms with E-state index in [0.29, 0.717) is 5.56 Å². The molecule has 2 aromatic carbocycles. The number of H-pyrrole nitrogens is 1. The van der Waals surface area contributed by atoms with Crippen LogP contribution in [0.1, 0.15) is 10.4 Å². The van der Waals surface area contributed by atoms with Crippen molar-refractivity contribution in [3.05, 3.63) is 72.1 Å². The van der Waals surface area contributed by atoms with Gasteiger partial charge in [0.25, 0.3) is 0 Å². The van der Waals surface area contributed by atoms with Crippen molar-refractivity contribution >= 4 is 22.4 Å². The standard InChI is InChI=1S/C17H12N4O/c18-9-14(10-19-15-4-2-1-3-5-15)17(22)12-6-7-16-13(8-12)11-20-21-16/h1-8,10-11,19H,(H,20,21)/b14-10+. The van der Waals surface area contributed by atoms with Crippen molar-refractivity contribution < 1.29 is 4.79 Å². The van der Waals surface area contributed by atoms with Gasteiger partial charge in [0, 0.05) is 22.8 Å². The first-order chi connectivity index (χ1) is 10.8. The molecule has 0 aliphatic rings. The van der Waals surface area contributed by atoms with Crippen LogP contribution in [0.5, 0.6) is 0 Å². The van der Waals surface area contributed by atoms with Crippen molar-refractivity contribution in [2.24, 2.45) is 0 Å². The van der Waals surface area contributed by atoms with E-state index < -0.39 is 0 Å². The normalized spacial score (nSPS) is 11.1. The Morgan fingerprint density at radius 2 is 2.05 bits per heavy atom. The lowest BCUT2D eigenvalue weighted by molar-refractivity contribution is 0.103. The van der Waals surface area contributed by atoms with Crippen LogP contribution in [0.3, 0.4) is 0 Å². The predicted molar refractivity (Wildman–Crippen MR) is 84.2 cm³/mol. The Labute approximate surface area is 126 Å². The molecule has 1 aromatic heterocycles. The zero-order valence-corrected chi connectivity index (χ0v) is 11.6. The Morgan fingerprint density at radius 3 is 2.82 bits per heavy atom. The minimum atomic E-state index is -0.325. The number of aromatic amines is 1. The lowest BCUT2D eigenvalue weighted by atomic mass is 10.0. The number of aromatic nitrogens is 2. The SMILES string of the molecule is N#C/C(=C\Nc1ccccc1)C(=O)c1ccc2[nH]ncc2c1. The van der Waals surface area contributed by atoms with Crippen molar-refractivity contribution in [2.45, 2.75) is 0 Å². The number of hydrogen-bond donors (Lipinski definition) is 2. The summed E-state index contributed by atoms with van der Waals surface area (Å²) in [5.74, 6) is -0.325. The van der Waals surface area contributed by atoms with E-state index in [1.54, 1.807) is 24.4 Å². The molecule has 2 N–H and O–H groups in total. The van der Waals surface area contributed by atoms with Gasteiger partial charge < -0.3 is 5.32 Å². The Bertz CT molecular complexity index is 888. The Balaban J connectivity index is 1.86. The molecule has 0 amide bonds. The third kappa shape index (κ3) is 2.72. The summed E-state index contributed by atoms with van der Waals surface area (Å²) >= 11 is 0. The highest BCUT2D eigenvalue weighted by Gasteiger charge is 2.12. The van der Waals surface area contributed by atoms with E-state index in [-0.39, 0.29) is 11.4 Å². The fourth-order valence-corrected chi connectivity index (χ4v) is 2.08. The number of ketones is 1. The van der Waals surface area contributed by atoms with Crippen LogP contribution in [0.4, 0.5) is 5.69 Å². The zero-order valence-electron chi connectivity index (χ0n) is 11.6. The van der Waals surface area contributed by atoms with E-state index in [0.717, 1.165) is 16.6 Å². The third-order valence-electron chi connectivity index (χ3n) is 3.22. The van der Waals surface area contributed by atoms with Gasteiger partial charge in [-0.25, -0.2) is 0 Å². The van der Waals surface area contributed by atoms with Crippen molar-refractivity contribution in [1.82, 2.24) is 10.2 Å². The molecule has 0 saturated heterocycles. The molecule has 0 spiro atoms. The zero-order chi connectivity index (χ0) is 15.4. The maximum Gasteiger partial charge on any atom is 0.205 e. The molecule has 5 heteroatoms. The number of rotatable bonds is 4. The Morgan fingerprint density at radius 1 is 1.23 bits per heavy atom. The van der Waals surface area contributed by atoms with E-state index in [1.165, 1.54) is 6.20 Å². The van der Waals surface area contributed by atoms with Gasteiger partial charge in [0.1, 0.15) is 11.6 Å². The number of anilines is 1. The van der Waals surface area contributed by atoms with Gasteiger partial charge in [0.2, 0.25) is 5.78 Å². The van der Waals surface area contributed by atoms with Gasteiger partial charge in [-0.2, -0.15) is 10.4 Å². The summed E-state index contributed by atoms with van der Waals surface area (Å²) in [7, 11) is 0. The average molecular weight is 288 g/mol. The summed E-state index contributed by atoms with van der Waals surface area (Å²) in [4.78, 5) is 12.4. The van der Waals surface area contributed by atoms with Gasteiger partial charge in [0.05, 0.1) is 11.7 Å². The molecule has 5 nitrogen and oxygen atoms in total. The fraction of sp³-hybridized carbons (Fsp3) is 0. The molecule has 0 atom stereocenters. The molecule has 22 heavy (non-hydrogen) atoms. The number of carbonyl (C=O) groups excluding carboxylic acids is 1. The predicted octanol–water partition coefficient (Wildman–Crippen LogP) is 3.27. The molecular formula is C17H12N4O. The molecule has 0 aliphatic heterocycles. The first-order valence-corrected chi connectivity index (χ1v) is 6.67. The minimum absolute atomic E-state index is 0.0479. The van der Waals surface area contributed by atoms with Gasteiger partial charge in [-0.05, 0) is 30.3 Å². The quantitative estimate of drug-likeness (QED) is 0.438. The van der Waals surface area contributed by atoms with Gasteiger partial charge in [-0.3, -0.25) is 9.89 Å². The number of hydrogen-bond acceptors (Lipinski definition) is 4. The van der Waals surface area contributed by atoms with Crippen LogP contribution in [0.25, 0.3) is 10.9 Å². The molecule has 0 aliphatic carbocycles. The first-order valence-electron chi connectivity index (χ1n) is 6.67. The number of allylic oxidation sites excluding steroid dienone is 1. The van der Waals surface area contributed by atoms with Gasteiger partial charge in [-0.15, -0.1) is 0 Å². The van der Waals surface area contributed by atoms with Crippen LogP contribution in [0.2, 0.25) is 0 Å². The van der Waals surface area contributed by atoms with Gasteiger partial charge >= 0.3 is 0 Å². The largest absolute Gasteiger partial charge is 0.360 e.